The number of esters is 1. The van der Waals surface area contributed by atoms with Crippen LogP contribution in [0.3, 0.4) is 0 Å². The van der Waals surface area contributed by atoms with Gasteiger partial charge in [0.25, 0.3) is 0 Å². The first-order valence-electron chi connectivity index (χ1n) is 7.22. The van der Waals surface area contributed by atoms with Gasteiger partial charge in [0.05, 0.1) is 6.61 Å². The van der Waals surface area contributed by atoms with E-state index in [1.54, 1.807) is 30.7 Å². The lowest BCUT2D eigenvalue weighted by molar-refractivity contribution is 0.0523. The van der Waals surface area contributed by atoms with Gasteiger partial charge in [-0.1, -0.05) is 32.1 Å². The maximum Gasteiger partial charge on any atom is 0.343 e. The Morgan fingerprint density at radius 1 is 1.33 bits per heavy atom. The Balaban J connectivity index is 0.00000191. The van der Waals surface area contributed by atoms with Crippen LogP contribution in [0.2, 0.25) is 0 Å². The summed E-state index contributed by atoms with van der Waals surface area (Å²) in [5.41, 5.74) is -0.242. The molecule has 0 N–H and O–H groups in total. The number of pyridine rings is 1. The highest BCUT2D eigenvalue weighted by atomic mass is 16.5. The average Bonchev–Trinajstić information content (AvgIpc) is 2.49. The molecule has 0 spiro atoms. The predicted octanol–water partition coefficient (Wildman–Crippen LogP) is 1.75. The van der Waals surface area contributed by atoms with E-state index in [0.29, 0.717) is 5.22 Å². The zero-order valence-corrected chi connectivity index (χ0v) is 13.8. The Kier molecular flexibility index (Phi) is 8.77. The van der Waals surface area contributed by atoms with Crippen LogP contribution in [0, 0.1) is 0 Å². The molecule has 0 fully saturated rings. The van der Waals surface area contributed by atoms with Gasteiger partial charge in [-0.05, 0) is 26.8 Å². The first kappa shape index (κ1) is 18.9. The van der Waals surface area contributed by atoms with Crippen molar-refractivity contribution in [3.8, 4) is 0 Å². The van der Waals surface area contributed by atoms with E-state index in [1.165, 1.54) is 6.20 Å². The first-order chi connectivity index (χ1) is 10.1. The molecule has 0 bridgehead atoms. The van der Waals surface area contributed by atoms with Crippen LogP contribution >= 0.6 is 0 Å². The van der Waals surface area contributed by atoms with Crippen LogP contribution in [0.1, 0.15) is 45.0 Å². The number of ether oxygens (including phenoxy) is 1. The number of hydrogen-bond donors (Lipinski definition) is 0. The smallest absolute Gasteiger partial charge is 0.343 e. The summed E-state index contributed by atoms with van der Waals surface area (Å²) in [4.78, 5) is 24.1. The second-order valence-electron chi connectivity index (χ2n) is 3.98. The summed E-state index contributed by atoms with van der Waals surface area (Å²) in [6.45, 7) is 9.68. The Bertz CT molecular complexity index is 667. The molecule has 0 radical (unpaired) electrons. The van der Waals surface area contributed by atoms with E-state index in [-0.39, 0.29) is 17.6 Å². The lowest BCUT2D eigenvalue weighted by Crippen LogP contribution is -2.46. The molecule has 0 aliphatic rings. The molecule has 1 rings (SSSR count). The minimum atomic E-state index is -0.583. The summed E-state index contributed by atoms with van der Waals surface area (Å²) >= 11 is 0. The number of aromatic nitrogens is 1. The van der Waals surface area contributed by atoms with Crippen LogP contribution in [-0.2, 0) is 11.8 Å². The monoisotopic (exact) mass is 291 g/mol. The van der Waals surface area contributed by atoms with Gasteiger partial charge in [-0.3, -0.25) is 4.79 Å². The van der Waals surface area contributed by atoms with E-state index in [1.807, 2.05) is 39.8 Å². The maximum absolute atomic E-state index is 12.3. The second-order valence-corrected chi connectivity index (χ2v) is 3.98. The van der Waals surface area contributed by atoms with Crippen molar-refractivity contribution < 1.29 is 9.53 Å². The van der Waals surface area contributed by atoms with Crippen molar-refractivity contribution in [3.05, 3.63) is 44.7 Å². The van der Waals surface area contributed by atoms with E-state index < -0.39 is 5.97 Å². The van der Waals surface area contributed by atoms with Crippen molar-refractivity contribution in [1.29, 1.82) is 0 Å². The molecule has 1 aromatic rings. The largest absolute Gasteiger partial charge is 0.462 e. The molecule has 21 heavy (non-hydrogen) atoms. The van der Waals surface area contributed by atoms with E-state index in [4.69, 9.17) is 4.74 Å². The number of aryl methyl sites for hydroxylation is 1. The molecule has 0 aliphatic heterocycles. The zero-order valence-electron chi connectivity index (χ0n) is 13.8. The highest BCUT2D eigenvalue weighted by Crippen LogP contribution is 1.91. The molecule has 1 heterocycles. The maximum atomic E-state index is 12.3. The average molecular weight is 291 g/mol. The number of carbonyl (C=O) groups is 1. The summed E-state index contributed by atoms with van der Waals surface area (Å²) in [6.07, 6.45) is 8.67. The molecule has 0 amide bonds. The van der Waals surface area contributed by atoms with E-state index >= 15 is 0 Å². The highest BCUT2D eigenvalue weighted by molar-refractivity contribution is 5.89. The number of rotatable bonds is 3. The molecule has 0 saturated heterocycles. The van der Waals surface area contributed by atoms with Crippen LogP contribution in [0.4, 0.5) is 0 Å². The molecule has 4 nitrogen and oxygen atoms in total. The van der Waals surface area contributed by atoms with Gasteiger partial charge in [0.1, 0.15) is 5.56 Å². The van der Waals surface area contributed by atoms with Gasteiger partial charge in [0.15, 0.2) is 0 Å². The van der Waals surface area contributed by atoms with Crippen molar-refractivity contribution in [1.82, 2.24) is 4.57 Å². The van der Waals surface area contributed by atoms with Crippen LogP contribution in [0.5, 0.6) is 0 Å². The lowest BCUT2D eigenvalue weighted by Gasteiger charge is -2.05. The Hall–Kier alpha value is -2.10. The molecule has 116 valence electrons. The molecular weight excluding hydrogens is 266 g/mol. The quantitative estimate of drug-likeness (QED) is 0.797. The van der Waals surface area contributed by atoms with Crippen molar-refractivity contribution in [2.24, 2.45) is 7.05 Å². The highest BCUT2D eigenvalue weighted by Gasteiger charge is 2.13. The Morgan fingerprint density at radius 3 is 2.43 bits per heavy atom. The fourth-order valence-electron chi connectivity index (χ4n) is 1.84. The summed E-state index contributed by atoms with van der Waals surface area (Å²) in [7, 11) is 1.80. The second kappa shape index (κ2) is 9.75. The topological polar surface area (TPSA) is 48.3 Å². The summed E-state index contributed by atoms with van der Waals surface area (Å²) in [6, 6.07) is 0. The van der Waals surface area contributed by atoms with Gasteiger partial charge in [-0.2, -0.15) is 0 Å². The van der Waals surface area contributed by atoms with E-state index in [9.17, 15) is 9.59 Å². The van der Waals surface area contributed by atoms with Crippen molar-refractivity contribution in [3.63, 3.8) is 0 Å². The van der Waals surface area contributed by atoms with Gasteiger partial charge in [-0.25, -0.2) is 4.79 Å². The van der Waals surface area contributed by atoms with Gasteiger partial charge >= 0.3 is 5.97 Å². The number of carbonyl (C=O) groups excluding carboxylic acids is 1. The predicted molar refractivity (Wildman–Crippen MR) is 87.7 cm³/mol. The van der Waals surface area contributed by atoms with Crippen LogP contribution in [-0.4, -0.2) is 17.1 Å². The van der Waals surface area contributed by atoms with Gasteiger partial charge in [-0.15, -0.1) is 0 Å². The minimum absolute atomic E-state index is 0.0608. The van der Waals surface area contributed by atoms with E-state index in [2.05, 4.69) is 0 Å². The standard InChI is InChI=1S/C15H19NO3.C2H6/c1-5-8-9-11-13(6-2)16(4)10-12(14(11)17)15(18)19-7-3;1-2/h5-6,8-10H,7H2,1-4H3;1-2H3/b8-5-,11-9+,13-6+;. The first-order valence-corrected chi connectivity index (χ1v) is 7.22. The summed E-state index contributed by atoms with van der Waals surface area (Å²) in [5.74, 6) is -0.583. The minimum Gasteiger partial charge on any atom is -0.462 e. The summed E-state index contributed by atoms with van der Waals surface area (Å²) < 4.78 is 6.66. The number of allylic oxidation sites excluding steroid dienone is 2. The third-order valence-corrected chi connectivity index (χ3v) is 2.69. The van der Waals surface area contributed by atoms with Crippen LogP contribution in [0.15, 0.2) is 23.1 Å². The number of nitrogens with zero attached hydrogens (tertiary/aromatic N) is 1. The summed E-state index contributed by atoms with van der Waals surface area (Å²) in [5, 5.41) is 1.27. The normalized spacial score (nSPS) is 12.3. The van der Waals surface area contributed by atoms with Gasteiger partial charge < -0.3 is 9.30 Å². The molecule has 4 heteroatoms. The van der Waals surface area contributed by atoms with Gasteiger partial charge in [0.2, 0.25) is 5.43 Å². The molecule has 0 aliphatic carbocycles. The third kappa shape index (κ3) is 4.74. The molecule has 0 aromatic carbocycles. The molecule has 0 unspecified atom stereocenters. The van der Waals surface area contributed by atoms with Crippen LogP contribution in [0.25, 0.3) is 12.2 Å². The number of hydrogen-bond acceptors (Lipinski definition) is 3. The Morgan fingerprint density at radius 2 is 1.95 bits per heavy atom. The lowest BCUT2D eigenvalue weighted by atomic mass is 10.2. The third-order valence-electron chi connectivity index (χ3n) is 2.69. The van der Waals surface area contributed by atoms with Gasteiger partial charge in [0, 0.05) is 23.8 Å². The van der Waals surface area contributed by atoms with Crippen molar-refractivity contribution in [2.45, 2.75) is 34.6 Å². The van der Waals surface area contributed by atoms with Crippen molar-refractivity contribution >= 4 is 18.1 Å². The zero-order chi connectivity index (χ0) is 16.4. The van der Waals surface area contributed by atoms with E-state index in [0.717, 1.165) is 5.35 Å². The Labute approximate surface area is 126 Å². The molecule has 1 aromatic heterocycles. The van der Waals surface area contributed by atoms with Crippen molar-refractivity contribution in [2.75, 3.05) is 6.61 Å². The van der Waals surface area contributed by atoms with Crippen LogP contribution < -0.4 is 16.0 Å². The fourth-order valence-corrected chi connectivity index (χ4v) is 1.84. The molecule has 0 saturated carbocycles. The fraction of sp³-hybridized carbons (Fsp3) is 0.412. The molecular formula is C17H25NO3. The SMILES string of the molecule is CC.C\C=C/C=c1/c(=O)c(C(=O)OCC)cn(C)/c1=C/C. The molecule has 0 atom stereocenters.